The number of nitrogens with zero attached hydrogens (tertiary/aromatic N) is 1. The van der Waals surface area contributed by atoms with Gasteiger partial charge in [-0.25, -0.2) is 0 Å². The first-order chi connectivity index (χ1) is 7.29. The number of ether oxygens (including phenoxy) is 1. The Morgan fingerprint density at radius 3 is 2.67 bits per heavy atom. The van der Waals surface area contributed by atoms with Crippen molar-refractivity contribution in [3.8, 4) is 11.3 Å². The Kier molecular flexibility index (Phi) is 2.83. The van der Waals surface area contributed by atoms with Gasteiger partial charge in [-0.05, 0) is 6.92 Å². The standard InChI is InChI=1S/C12H13NO2/c1-9-3-5-10(6-4-9)12-7-11(8-14-2)15-13-12/h3-7H,8H2,1-2H3. The van der Waals surface area contributed by atoms with Crippen LogP contribution in [0, 0.1) is 6.92 Å². The van der Waals surface area contributed by atoms with E-state index in [0.717, 1.165) is 17.0 Å². The topological polar surface area (TPSA) is 35.3 Å². The number of aromatic nitrogens is 1. The summed E-state index contributed by atoms with van der Waals surface area (Å²) in [6.45, 7) is 2.52. The fourth-order valence-electron chi connectivity index (χ4n) is 1.38. The van der Waals surface area contributed by atoms with Gasteiger partial charge < -0.3 is 9.26 Å². The summed E-state index contributed by atoms with van der Waals surface area (Å²) >= 11 is 0. The largest absolute Gasteiger partial charge is 0.377 e. The van der Waals surface area contributed by atoms with E-state index < -0.39 is 0 Å². The van der Waals surface area contributed by atoms with Crippen LogP contribution in [-0.2, 0) is 11.3 Å². The van der Waals surface area contributed by atoms with Gasteiger partial charge in [0, 0.05) is 18.7 Å². The molecule has 1 aromatic heterocycles. The average Bonchev–Trinajstić information content (AvgIpc) is 2.68. The third-order valence-electron chi connectivity index (χ3n) is 2.19. The summed E-state index contributed by atoms with van der Waals surface area (Å²) < 4.78 is 10.1. The van der Waals surface area contributed by atoms with Crippen molar-refractivity contribution in [3.05, 3.63) is 41.7 Å². The van der Waals surface area contributed by atoms with E-state index in [-0.39, 0.29) is 0 Å². The number of methoxy groups -OCH3 is 1. The first-order valence-electron chi connectivity index (χ1n) is 4.81. The quantitative estimate of drug-likeness (QED) is 0.769. The molecule has 3 heteroatoms. The highest BCUT2D eigenvalue weighted by Gasteiger charge is 2.05. The van der Waals surface area contributed by atoms with Crippen LogP contribution in [-0.4, -0.2) is 12.3 Å². The van der Waals surface area contributed by atoms with E-state index in [1.165, 1.54) is 5.56 Å². The van der Waals surface area contributed by atoms with Crippen LogP contribution in [0.1, 0.15) is 11.3 Å². The highest BCUT2D eigenvalue weighted by molar-refractivity contribution is 5.58. The lowest BCUT2D eigenvalue weighted by Gasteiger charge is -1.95. The SMILES string of the molecule is COCc1cc(-c2ccc(C)cc2)no1. The highest BCUT2D eigenvalue weighted by Crippen LogP contribution is 2.19. The summed E-state index contributed by atoms with van der Waals surface area (Å²) in [4.78, 5) is 0. The summed E-state index contributed by atoms with van der Waals surface area (Å²) in [7, 11) is 1.63. The van der Waals surface area contributed by atoms with E-state index in [1.54, 1.807) is 7.11 Å². The van der Waals surface area contributed by atoms with Crippen molar-refractivity contribution >= 4 is 0 Å². The second-order valence-corrected chi connectivity index (χ2v) is 3.48. The molecule has 0 aliphatic carbocycles. The Bertz CT molecular complexity index is 431. The molecule has 0 spiro atoms. The number of hydrogen-bond acceptors (Lipinski definition) is 3. The molecule has 0 unspecified atom stereocenters. The zero-order chi connectivity index (χ0) is 10.7. The first kappa shape index (κ1) is 9.93. The lowest BCUT2D eigenvalue weighted by molar-refractivity contribution is 0.156. The van der Waals surface area contributed by atoms with Crippen molar-refractivity contribution in [3.63, 3.8) is 0 Å². The monoisotopic (exact) mass is 203 g/mol. The molecule has 0 bridgehead atoms. The van der Waals surface area contributed by atoms with Gasteiger partial charge in [0.25, 0.3) is 0 Å². The second kappa shape index (κ2) is 4.28. The minimum absolute atomic E-state index is 0.457. The van der Waals surface area contributed by atoms with Crippen molar-refractivity contribution in [2.24, 2.45) is 0 Å². The molecule has 2 rings (SSSR count). The number of rotatable bonds is 3. The molecule has 0 radical (unpaired) electrons. The zero-order valence-electron chi connectivity index (χ0n) is 8.86. The maximum atomic E-state index is 5.11. The lowest BCUT2D eigenvalue weighted by Crippen LogP contribution is -1.82. The predicted molar refractivity (Wildman–Crippen MR) is 57.4 cm³/mol. The van der Waals surface area contributed by atoms with Crippen LogP contribution in [0.5, 0.6) is 0 Å². The van der Waals surface area contributed by atoms with E-state index in [9.17, 15) is 0 Å². The number of hydrogen-bond donors (Lipinski definition) is 0. The van der Waals surface area contributed by atoms with Crippen LogP contribution >= 0.6 is 0 Å². The molecule has 0 saturated heterocycles. The third-order valence-corrected chi connectivity index (χ3v) is 2.19. The van der Waals surface area contributed by atoms with Gasteiger partial charge in [0.05, 0.1) is 0 Å². The molecule has 2 aromatic rings. The summed E-state index contributed by atoms with van der Waals surface area (Å²) in [5, 5.41) is 3.98. The fraction of sp³-hybridized carbons (Fsp3) is 0.250. The van der Waals surface area contributed by atoms with Crippen molar-refractivity contribution in [2.45, 2.75) is 13.5 Å². The average molecular weight is 203 g/mol. The fourth-order valence-corrected chi connectivity index (χ4v) is 1.38. The molecule has 1 heterocycles. The molecule has 1 aromatic carbocycles. The van der Waals surface area contributed by atoms with Crippen molar-refractivity contribution in [1.82, 2.24) is 5.16 Å². The molecule has 0 fully saturated rings. The summed E-state index contributed by atoms with van der Waals surface area (Å²) in [6, 6.07) is 10.1. The number of aryl methyl sites for hydroxylation is 1. The highest BCUT2D eigenvalue weighted by atomic mass is 16.5. The van der Waals surface area contributed by atoms with Crippen LogP contribution in [0.2, 0.25) is 0 Å². The van der Waals surface area contributed by atoms with Crippen LogP contribution in [0.3, 0.4) is 0 Å². The summed E-state index contributed by atoms with van der Waals surface area (Å²) in [5.74, 6) is 0.744. The van der Waals surface area contributed by atoms with Gasteiger partial charge in [-0.2, -0.15) is 0 Å². The Hall–Kier alpha value is -1.61. The van der Waals surface area contributed by atoms with Crippen molar-refractivity contribution in [1.29, 1.82) is 0 Å². The Morgan fingerprint density at radius 2 is 2.00 bits per heavy atom. The van der Waals surface area contributed by atoms with Crippen molar-refractivity contribution in [2.75, 3.05) is 7.11 Å². The van der Waals surface area contributed by atoms with Crippen LogP contribution in [0.4, 0.5) is 0 Å². The normalized spacial score (nSPS) is 10.5. The Morgan fingerprint density at radius 1 is 1.27 bits per heavy atom. The molecule has 0 aliphatic heterocycles. The van der Waals surface area contributed by atoms with Crippen molar-refractivity contribution < 1.29 is 9.26 Å². The maximum Gasteiger partial charge on any atom is 0.162 e. The maximum absolute atomic E-state index is 5.11. The molecular weight excluding hydrogens is 190 g/mol. The van der Waals surface area contributed by atoms with E-state index in [1.807, 2.05) is 18.2 Å². The Balaban J connectivity index is 2.25. The second-order valence-electron chi connectivity index (χ2n) is 3.48. The van der Waals surface area contributed by atoms with E-state index >= 15 is 0 Å². The molecule has 78 valence electrons. The van der Waals surface area contributed by atoms with E-state index in [0.29, 0.717) is 6.61 Å². The van der Waals surface area contributed by atoms with Gasteiger partial charge in [-0.1, -0.05) is 35.0 Å². The predicted octanol–water partition coefficient (Wildman–Crippen LogP) is 2.80. The van der Waals surface area contributed by atoms with Crippen LogP contribution in [0.25, 0.3) is 11.3 Å². The van der Waals surface area contributed by atoms with Gasteiger partial charge in [0.2, 0.25) is 0 Å². The van der Waals surface area contributed by atoms with Gasteiger partial charge in [0.15, 0.2) is 5.76 Å². The smallest absolute Gasteiger partial charge is 0.162 e. The molecule has 3 nitrogen and oxygen atoms in total. The molecule has 0 atom stereocenters. The van der Waals surface area contributed by atoms with E-state index in [2.05, 4.69) is 24.2 Å². The van der Waals surface area contributed by atoms with Gasteiger partial charge >= 0.3 is 0 Å². The van der Waals surface area contributed by atoms with E-state index in [4.69, 9.17) is 9.26 Å². The Labute approximate surface area is 88.7 Å². The molecule has 0 saturated carbocycles. The first-order valence-corrected chi connectivity index (χ1v) is 4.81. The molecule has 0 amide bonds. The minimum Gasteiger partial charge on any atom is -0.377 e. The van der Waals surface area contributed by atoms with Crippen LogP contribution in [0.15, 0.2) is 34.9 Å². The summed E-state index contributed by atoms with van der Waals surface area (Å²) in [5.41, 5.74) is 3.15. The van der Waals surface area contributed by atoms with Gasteiger partial charge in [0.1, 0.15) is 12.3 Å². The molecule has 0 aliphatic rings. The summed E-state index contributed by atoms with van der Waals surface area (Å²) in [6.07, 6.45) is 0. The van der Waals surface area contributed by atoms with Crippen LogP contribution < -0.4 is 0 Å². The number of benzene rings is 1. The lowest BCUT2D eigenvalue weighted by atomic mass is 10.1. The molecule has 15 heavy (non-hydrogen) atoms. The molecular formula is C12H13NO2. The third kappa shape index (κ3) is 2.25. The van der Waals surface area contributed by atoms with Gasteiger partial charge in [-0.15, -0.1) is 0 Å². The minimum atomic E-state index is 0.457. The molecule has 0 N–H and O–H groups in total. The van der Waals surface area contributed by atoms with Gasteiger partial charge in [-0.3, -0.25) is 0 Å². The zero-order valence-corrected chi connectivity index (χ0v) is 8.86.